The molecule has 3 N–H and O–H groups in total. The number of nitrogens with two attached hydrogens (primary N) is 1. The zero-order chi connectivity index (χ0) is 14.9. The quantitative estimate of drug-likeness (QED) is 0.887. The normalized spacial score (nSPS) is 11.3. The molecule has 0 aliphatic heterocycles. The molecule has 7 nitrogen and oxygen atoms in total. The highest BCUT2D eigenvalue weighted by molar-refractivity contribution is 7.92. The van der Waals surface area contributed by atoms with Crippen LogP contribution in [0.5, 0.6) is 0 Å². The summed E-state index contributed by atoms with van der Waals surface area (Å²) in [6, 6.07) is 5.05. The van der Waals surface area contributed by atoms with Crippen LogP contribution in [0.2, 0.25) is 5.02 Å². The standard InChI is InChI=1S/C11H10ClN3O4S/c1-6-4-10(14-19-6)15-20(17,18)7-2-3-9(12)8(5-7)11(13)16/h2-5H,1H3,(H2,13,16)(H,14,15). The fraction of sp³-hybridized carbons (Fsp3) is 0.0909. The zero-order valence-electron chi connectivity index (χ0n) is 10.3. The van der Waals surface area contributed by atoms with E-state index >= 15 is 0 Å². The SMILES string of the molecule is Cc1cc(NS(=O)(=O)c2ccc(Cl)c(C(N)=O)c2)no1. The Kier molecular flexibility index (Phi) is 3.69. The molecule has 0 fully saturated rings. The highest BCUT2D eigenvalue weighted by Crippen LogP contribution is 2.22. The van der Waals surface area contributed by atoms with Crippen molar-refractivity contribution in [3.8, 4) is 0 Å². The van der Waals surface area contributed by atoms with Crippen LogP contribution >= 0.6 is 11.6 Å². The smallest absolute Gasteiger partial charge is 0.263 e. The Morgan fingerprint density at radius 2 is 2.10 bits per heavy atom. The number of carbonyl (C=O) groups is 1. The number of anilines is 1. The molecule has 0 spiro atoms. The summed E-state index contributed by atoms with van der Waals surface area (Å²) in [6.07, 6.45) is 0. The van der Waals surface area contributed by atoms with Gasteiger partial charge in [0.1, 0.15) is 5.76 Å². The Bertz CT molecular complexity index is 770. The number of nitrogens with one attached hydrogen (secondary N) is 1. The van der Waals surface area contributed by atoms with Gasteiger partial charge in [0.15, 0.2) is 5.82 Å². The Hall–Kier alpha value is -2.06. The van der Waals surface area contributed by atoms with E-state index in [1.165, 1.54) is 18.2 Å². The Labute approximate surface area is 119 Å². The first kappa shape index (κ1) is 14.4. The molecule has 0 unspecified atom stereocenters. The topological polar surface area (TPSA) is 115 Å². The minimum absolute atomic E-state index is 0.0399. The van der Waals surface area contributed by atoms with Gasteiger partial charge in [-0.25, -0.2) is 8.42 Å². The lowest BCUT2D eigenvalue weighted by molar-refractivity contribution is 0.1000. The molecule has 1 heterocycles. The van der Waals surface area contributed by atoms with Crippen molar-refractivity contribution in [2.24, 2.45) is 5.73 Å². The van der Waals surface area contributed by atoms with Crippen LogP contribution < -0.4 is 10.5 Å². The molecule has 106 valence electrons. The summed E-state index contributed by atoms with van der Waals surface area (Å²) in [5.41, 5.74) is 5.04. The number of aryl methyl sites for hydroxylation is 1. The predicted octanol–water partition coefficient (Wildman–Crippen LogP) is 1.54. The molecule has 0 aliphatic carbocycles. The third kappa shape index (κ3) is 2.91. The Balaban J connectivity index is 2.39. The van der Waals surface area contributed by atoms with Gasteiger partial charge in [-0.1, -0.05) is 16.8 Å². The largest absolute Gasteiger partial charge is 0.366 e. The number of aromatic nitrogens is 1. The number of amides is 1. The number of hydrogen-bond donors (Lipinski definition) is 2. The Morgan fingerprint density at radius 3 is 2.65 bits per heavy atom. The third-order valence-electron chi connectivity index (χ3n) is 2.38. The number of halogens is 1. The van der Waals surface area contributed by atoms with Gasteiger partial charge in [0, 0.05) is 6.07 Å². The summed E-state index contributed by atoms with van der Waals surface area (Å²) in [4.78, 5) is 11.0. The van der Waals surface area contributed by atoms with E-state index in [4.69, 9.17) is 21.9 Å². The molecule has 0 bridgehead atoms. The van der Waals surface area contributed by atoms with Crippen molar-refractivity contribution in [2.75, 3.05) is 4.72 Å². The summed E-state index contributed by atoms with van der Waals surface area (Å²) in [5, 5.41) is 3.60. The van der Waals surface area contributed by atoms with Crippen LogP contribution in [0.15, 0.2) is 33.7 Å². The van der Waals surface area contributed by atoms with Crippen molar-refractivity contribution >= 4 is 33.3 Å². The van der Waals surface area contributed by atoms with Gasteiger partial charge in [-0.2, -0.15) is 0 Å². The van der Waals surface area contributed by atoms with Gasteiger partial charge < -0.3 is 10.3 Å². The number of rotatable bonds is 4. The summed E-state index contributed by atoms with van der Waals surface area (Å²) >= 11 is 5.76. The molecule has 0 radical (unpaired) electrons. The monoisotopic (exact) mass is 315 g/mol. The summed E-state index contributed by atoms with van der Waals surface area (Å²) in [6.45, 7) is 1.62. The van der Waals surface area contributed by atoms with Crippen LogP contribution in [0.1, 0.15) is 16.1 Å². The van der Waals surface area contributed by atoms with Crippen LogP contribution in [-0.4, -0.2) is 19.5 Å². The van der Waals surface area contributed by atoms with Crippen LogP contribution in [-0.2, 0) is 10.0 Å². The average Bonchev–Trinajstić information content (AvgIpc) is 2.73. The second-order valence-corrected chi connectivity index (χ2v) is 6.02. The third-order valence-corrected chi connectivity index (χ3v) is 4.06. The van der Waals surface area contributed by atoms with Gasteiger partial charge in [-0.15, -0.1) is 0 Å². The molecular formula is C11H10ClN3O4S. The first-order chi connectivity index (χ1) is 9.29. The summed E-state index contributed by atoms with van der Waals surface area (Å²) < 4.78 is 31.2. The van der Waals surface area contributed by atoms with Crippen LogP contribution in [0, 0.1) is 6.92 Å². The van der Waals surface area contributed by atoms with Crippen molar-refractivity contribution < 1.29 is 17.7 Å². The van der Waals surface area contributed by atoms with E-state index in [1.54, 1.807) is 6.92 Å². The van der Waals surface area contributed by atoms with Crippen LogP contribution in [0.25, 0.3) is 0 Å². The van der Waals surface area contributed by atoms with Gasteiger partial charge in [0.05, 0.1) is 15.5 Å². The second kappa shape index (κ2) is 5.14. The van der Waals surface area contributed by atoms with E-state index < -0.39 is 15.9 Å². The minimum atomic E-state index is -3.91. The summed E-state index contributed by atoms with van der Waals surface area (Å²) in [5.74, 6) is -0.320. The maximum absolute atomic E-state index is 12.1. The number of benzene rings is 1. The average molecular weight is 316 g/mol. The first-order valence-electron chi connectivity index (χ1n) is 5.35. The number of nitrogens with zero attached hydrogens (tertiary/aromatic N) is 1. The fourth-order valence-corrected chi connectivity index (χ4v) is 2.69. The molecule has 1 aromatic carbocycles. The number of sulfonamides is 1. The molecule has 1 aromatic heterocycles. The molecule has 1 amide bonds. The molecular weight excluding hydrogens is 306 g/mol. The lowest BCUT2D eigenvalue weighted by Crippen LogP contribution is -2.16. The zero-order valence-corrected chi connectivity index (χ0v) is 11.8. The lowest BCUT2D eigenvalue weighted by atomic mass is 10.2. The molecule has 9 heteroatoms. The van der Waals surface area contributed by atoms with Crippen molar-refractivity contribution in [1.82, 2.24) is 5.16 Å². The second-order valence-electron chi connectivity index (χ2n) is 3.93. The van der Waals surface area contributed by atoms with Crippen LogP contribution in [0.3, 0.4) is 0 Å². The molecule has 0 saturated heterocycles. The highest BCUT2D eigenvalue weighted by Gasteiger charge is 2.19. The summed E-state index contributed by atoms with van der Waals surface area (Å²) in [7, 11) is -3.91. The maximum atomic E-state index is 12.1. The number of carbonyl (C=O) groups excluding carboxylic acids is 1. The molecule has 0 aliphatic rings. The van der Waals surface area contributed by atoms with Crippen LogP contribution in [0.4, 0.5) is 5.82 Å². The molecule has 2 aromatic rings. The molecule has 2 rings (SSSR count). The van der Waals surface area contributed by atoms with Gasteiger partial charge >= 0.3 is 0 Å². The van der Waals surface area contributed by atoms with Crippen molar-refractivity contribution in [1.29, 1.82) is 0 Å². The van der Waals surface area contributed by atoms with E-state index in [0.717, 1.165) is 6.07 Å². The Morgan fingerprint density at radius 1 is 1.40 bits per heavy atom. The predicted molar refractivity (Wildman–Crippen MR) is 72.0 cm³/mol. The van der Waals surface area contributed by atoms with Gasteiger partial charge in [0.2, 0.25) is 5.91 Å². The molecule has 0 saturated carbocycles. The lowest BCUT2D eigenvalue weighted by Gasteiger charge is -2.07. The van der Waals surface area contributed by atoms with E-state index in [-0.39, 0.29) is 21.3 Å². The maximum Gasteiger partial charge on any atom is 0.263 e. The fourth-order valence-electron chi connectivity index (χ4n) is 1.47. The molecule has 0 atom stereocenters. The van der Waals surface area contributed by atoms with Crippen molar-refractivity contribution in [3.05, 3.63) is 40.6 Å². The highest BCUT2D eigenvalue weighted by atomic mass is 35.5. The van der Waals surface area contributed by atoms with E-state index in [0.29, 0.717) is 5.76 Å². The van der Waals surface area contributed by atoms with Crippen molar-refractivity contribution in [2.45, 2.75) is 11.8 Å². The van der Waals surface area contributed by atoms with Crippen molar-refractivity contribution in [3.63, 3.8) is 0 Å². The number of hydrogen-bond acceptors (Lipinski definition) is 5. The van der Waals surface area contributed by atoms with Gasteiger partial charge in [-0.05, 0) is 25.1 Å². The molecule has 20 heavy (non-hydrogen) atoms. The number of primary amides is 1. The minimum Gasteiger partial charge on any atom is -0.366 e. The van der Waals surface area contributed by atoms with E-state index in [2.05, 4.69) is 9.88 Å². The van der Waals surface area contributed by atoms with E-state index in [1.807, 2.05) is 0 Å². The van der Waals surface area contributed by atoms with Gasteiger partial charge in [-0.3, -0.25) is 9.52 Å². The van der Waals surface area contributed by atoms with E-state index in [9.17, 15) is 13.2 Å². The first-order valence-corrected chi connectivity index (χ1v) is 7.21. The van der Waals surface area contributed by atoms with Gasteiger partial charge in [0.25, 0.3) is 10.0 Å².